The molecule has 26 heavy (non-hydrogen) atoms. The van der Waals surface area contributed by atoms with Crippen molar-refractivity contribution in [2.75, 3.05) is 14.2 Å². The van der Waals surface area contributed by atoms with Crippen molar-refractivity contribution < 1.29 is 9.53 Å². The summed E-state index contributed by atoms with van der Waals surface area (Å²) < 4.78 is 7.47. The van der Waals surface area contributed by atoms with E-state index in [9.17, 15) is 4.79 Å². The quantitative estimate of drug-likeness (QED) is 0.674. The van der Waals surface area contributed by atoms with E-state index < -0.39 is 0 Å². The highest BCUT2D eigenvalue weighted by Crippen LogP contribution is 2.29. The average molecular weight is 348 g/mol. The van der Waals surface area contributed by atoms with E-state index in [0.29, 0.717) is 5.56 Å². The van der Waals surface area contributed by atoms with Gasteiger partial charge < -0.3 is 14.2 Å². The Balaban J connectivity index is 1.90. The van der Waals surface area contributed by atoms with Gasteiger partial charge in [0.2, 0.25) is 0 Å². The maximum atomic E-state index is 13.1. The molecule has 1 amide bonds. The van der Waals surface area contributed by atoms with Gasteiger partial charge in [0.25, 0.3) is 5.91 Å². The van der Waals surface area contributed by atoms with Crippen LogP contribution < -0.4 is 4.74 Å². The zero-order valence-electron chi connectivity index (χ0n) is 15.6. The smallest absolute Gasteiger partial charge is 0.254 e. The Bertz CT molecular complexity index is 900. The van der Waals surface area contributed by atoms with E-state index in [1.165, 1.54) is 0 Å². The van der Waals surface area contributed by atoms with Gasteiger partial charge in [-0.2, -0.15) is 0 Å². The van der Waals surface area contributed by atoms with Crippen LogP contribution in [0.1, 0.15) is 34.5 Å². The fraction of sp³-hybridized carbons (Fsp3) is 0.227. The Hall–Kier alpha value is -3.01. The molecule has 0 saturated heterocycles. The Kier molecular flexibility index (Phi) is 5.12. The Morgan fingerprint density at radius 2 is 1.77 bits per heavy atom. The van der Waals surface area contributed by atoms with Crippen LogP contribution >= 0.6 is 0 Å². The average Bonchev–Trinajstić information content (AvgIpc) is 3.21. The van der Waals surface area contributed by atoms with Crippen molar-refractivity contribution >= 4 is 5.91 Å². The number of carbonyl (C=O) groups excluding carboxylic acids is 1. The molecular weight excluding hydrogens is 324 g/mol. The lowest BCUT2D eigenvalue weighted by atomic mass is 10.0. The highest BCUT2D eigenvalue weighted by atomic mass is 16.5. The molecule has 1 atom stereocenters. The van der Waals surface area contributed by atoms with Gasteiger partial charge in [0.15, 0.2) is 0 Å². The Labute approximate surface area is 154 Å². The van der Waals surface area contributed by atoms with Crippen LogP contribution in [0.25, 0.3) is 5.69 Å². The third-order valence-corrected chi connectivity index (χ3v) is 4.83. The Morgan fingerprint density at radius 3 is 2.46 bits per heavy atom. The predicted molar refractivity (Wildman–Crippen MR) is 104 cm³/mol. The topological polar surface area (TPSA) is 34.5 Å². The lowest BCUT2D eigenvalue weighted by molar-refractivity contribution is 0.0741. The van der Waals surface area contributed by atoms with E-state index in [1.54, 1.807) is 12.0 Å². The van der Waals surface area contributed by atoms with Gasteiger partial charge in [-0.3, -0.25) is 4.79 Å². The molecule has 0 saturated carbocycles. The van der Waals surface area contributed by atoms with Gasteiger partial charge in [-0.1, -0.05) is 24.3 Å². The van der Waals surface area contributed by atoms with Crippen LogP contribution in [0.4, 0.5) is 0 Å². The minimum atomic E-state index is -0.102. The molecule has 0 aliphatic heterocycles. The van der Waals surface area contributed by atoms with Crippen LogP contribution in [0.5, 0.6) is 5.75 Å². The third-order valence-electron chi connectivity index (χ3n) is 4.83. The molecule has 1 aromatic heterocycles. The summed E-state index contributed by atoms with van der Waals surface area (Å²) in [7, 11) is 3.48. The summed E-state index contributed by atoms with van der Waals surface area (Å²) in [5, 5.41) is 0. The van der Waals surface area contributed by atoms with Gasteiger partial charge in [0.1, 0.15) is 5.75 Å². The number of carbonyl (C=O) groups is 1. The molecule has 3 aromatic rings. The summed E-state index contributed by atoms with van der Waals surface area (Å²) in [5.74, 6) is 0.772. The second kappa shape index (κ2) is 7.48. The van der Waals surface area contributed by atoms with E-state index in [0.717, 1.165) is 22.6 Å². The number of para-hydroxylation sites is 1. The molecule has 134 valence electrons. The summed E-state index contributed by atoms with van der Waals surface area (Å²) >= 11 is 0. The van der Waals surface area contributed by atoms with Gasteiger partial charge in [-0.05, 0) is 49.7 Å². The maximum Gasteiger partial charge on any atom is 0.254 e. The zero-order chi connectivity index (χ0) is 18.7. The SMILES string of the molecule is COc1ccccc1[C@H](C)N(C)C(=O)c1ccc(C)c(-n2cccc2)c1. The number of aryl methyl sites for hydroxylation is 1. The molecule has 4 heteroatoms. The van der Waals surface area contributed by atoms with Crippen molar-refractivity contribution in [3.05, 3.63) is 83.7 Å². The van der Waals surface area contributed by atoms with Gasteiger partial charge in [-0.25, -0.2) is 0 Å². The third kappa shape index (κ3) is 3.36. The molecule has 0 unspecified atom stereocenters. The first kappa shape index (κ1) is 17.8. The number of hydrogen-bond acceptors (Lipinski definition) is 2. The monoisotopic (exact) mass is 348 g/mol. The molecule has 3 rings (SSSR count). The number of ether oxygens (including phenoxy) is 1. The van der Waals surface area contributed by atoms with E-state index in [2.05, 4.69) is 0 Å². The molecule has 0 fully saturated rings. The summed E-state index contributed by atoms with van der Waals surface area (Å²) in [6.07, 6.45) is 3.97. The first-order valence-electron chi connectivity index (χ1n) is 8.67. The minimum Gasteiger partial charge on any atom is -0.496 e. The summed E-state index contributed by atoms with van der Waals surface area (Å²) in [6.45, 7) is 4.06. The van der Waals surface area contributed by atoms with E-state index in [1.807, 2.05) is 92.5 Å². The first-order valence-corrected chi connectivity index (χ1v) is 8.67. The molecule has 0 N–H and O–H groups in total. The van der Waals surface area contributed by atoms with Crippen LogP contribution in [0.15, 0.2) is 67.0 Å². The van der Waals surface area contributed by atoms with Crippen LogP contribution in [0.3, 0.4) is 0 Å². The molecule has 0 bridgehead atoms. The predicted octanol–water partition coefficient (Wildman–Crippen LogP) is 4.63. The number of methoxy groups -OCH3 is 1. The van der Waals surface area contributed by atoms with Gasteiger partial charge in [0.05, 0.1) is 13.2 Å². The summed E-state index contributed by atoms with van der Waals surface area (Å²) in [5.41, 5.74) is 3.80. The number of nitrogens with zero attached hydrogens (tertiary/aromatic N) is 2. The largest absolute Gasteiger partial charge is 0.496 e. The van der Waals surface area contributed by atoms with Crippen molar-refractivity contribution in [3.63, 3.8) is 0 Å². The van der Waals surface area contributed by atoms with Gasteiger partial charge in [-0.15, -0.1) is 0 Å². The minimum absolute atomic E-state index is 0.0168. The van der Waals surface area contributed by atoms with Gasteiger partial charge >= 0.3 is 0 Å². The fourth-order valence-electron chi connectivity index (χ4n) is 3.12. The normalized spacial score (nSPS) is 11.8. The van der Waals surface area contributed by atoms with Crippen LogP contribution in [0, 0.1) is 6.92 Å². The van der Waals surface area contributed by atoms with E-state index >= 15 is 0 Å². The lowest BCUT2D eigenvalue weighted by Gasteiger charge is -2.27. The highest BCUT2D eigenvalue weighted by Gasteiger charge is 2.22. The van der Waals surface area contributed by atoms with Crippen molar-refractivity contribution in [1.29, 1.82) is 0 Å². The summed E-state index contributed by atoms with van der Waals surface area (Å²) in [6, 6.07) is 17.5. The second-order valence-corrected chi connectivity index (χ2v) is 6.43. The molecule has 0 aliphatic rings. The fourth-order valence-corrected chi connectivity index (χ4v) is 3.12. The molecule has 0 aliphatic carbocycles. The zero-order valence-corrected chi connectivity index (χ0v) is 15.6. The second-order valence-electron chi connectivity index (χ2n) is 6.43. The van der Waals surface area contributed by atoms with E-state index in [-0.39, 0.29) is 11.9 Å². The molecule has 2 aromatic carbocycles. The maximum absolute atomic E-state index is 13.1. The number of benzene rings is 2. The van der Waals surface area contributed by atoms with E-state index in [4.69, 9.17) is 4.74 Å². The Morgan fingerprint density at radius 1 is 1.08 bits per heavy atom. The lowest BCUT2D eigenvalue weighted by Crippen LogP contribution is -2.30. The van der Waals surface area contributed by atoms with Crippen molar-refractivity contribution in [1.82, 2.24) is 9.47 Å². The molecule has 0 radical (unpaired) electrons. The summed E-state index contributed by atoms with van der Waals surface area (Å²) in [4.78, 5) is 14.8. The molecule has 1 heterocycles. The highest BCUT2D eigenvalue weighted by molar-refractivity contribution is 5.95. The van der Waals surface area contributed by atoms with Crippen molar-refractivity contribution in [2.24, 2.45) is 0 Å². The molecule has 0 spiro atoms. The number of hydrogen-bond donors (Lipinski definition) is 0. The van der Waals surface area contributed by atoms with Crippen LogP contribution in [0.2, 0.25) is 0 Å². The van der Waals surface area contributed by atoms with Crippen LogP contribution in [-0.4, -0.2) is 29.5 Å². The number of rotatable bonds is 5. The number of aromatic nitrogens is 1. The van der Waals surface area contributed by atoms with Crippen molar-refractivity contribution in [2.45, 2.75) is 19.9 Å². The van der Waals surface area contributed by atoms with Gasteiger partial charge in [0, 0.05) is 36.3 Å². The molecule has 4 nitrogen and oxygen atoms in total. The van der Waals surface area contributed by atoms with Crippen LogP contribution in [-0.2, 0) is 0 Å². The molecular formula is C22H24N2O2. The number of amides is 1. The standard InChI is InChI=1S/C22H24N2O2/c1-16-11-12-18(15-20(16)24-13-7-8-14-24)22(25)23(3)17(2)19-9-5-6-10-21(19)26-4/h5-15,17H,1-4H3/t17-/m0/s1. The van der Waals surface area contributed by atoms with Crippen molar-refractivity contribution in [3.8, 4) is 11.4 Å². The first-order chi connectivity index (χ1) is 12.5.